The van der Waals surface area contributed by atoms with Gasteiger partial charge >= 0.3 is 0 Å². The van der Waals surface area contributed by atoms with Gasteiger partial charge in [0.15, 0.2) is 0 Å². The molecule has 3 nitrogen and oxygen atoms in total. The zero-order chi connectivity index (χ0) is 9.26. The van der Waals surface area contributed by atoms with Crippen molar-refractivity contribution in [3.05, 3.63) is 35.4 Å². The first-order chi connectivity index (χ1) is 6.33. The fourth-order valence-electron chi connectivity index (χ4n) is 1.58. The molecule has 1 N–H and O–H groups in total. The first-order valence-electron chi connectivity index (χ1n) is 4.16. The van der Waals surface area contributed by atoms with Crippen LogP contribution in [0.1, 0.15) is 22.3 Å². The van der Waals surface area contributed by atoms with E-state index >= 15 is 0 Å². The fourth-order valence-corrected chi connectivity index (χ4v) is 1.58. The van der Waals surface area contributed by atoms with Crippen molar-refractivity contribution in [2.24, 2.45) is 5.16 Å². The van der Waals surface area contributed by atoms with E-state index in [1.54, 1.807) is 6.07 Å². The quantitative estimate of drug-likeness (QED) is 0.481. The van der Waals surface area contributed by atoms with Crippen LogP contribution in [0.2, 0.25) is 0 Å². The van der Waals surface area contributed by atoms with E-state index in [-0.39, 0.29) is 11.5 Å². The van der Waals surface area contributed by atoms with Crippen LogP contribution in [-0.4, -0.2) is 16.7 Å². The van der Waals surface area contributed by atoms with Crippen molar-refractivity contribution in [1.82, 2.24) is 0 Å². The Morgan fingerprint density at radius 3 is 2.77 bits per heavy atom. The lowest BCUT2D eigenvalue weighted by atomic mass is 9.89. The second-order valence-electron chi connectivity index (χ2n) is 3.03. The van der Waals surface area contributed by atoms with Gasteiger partial charge in [-0.1, -0.05) is 29.4 Å². The van der Waals surface area contributed by atoms with E-state index in [4.69, 9.17) is 5.21 Å². The van der Waals surface area contributed by atoms with E-state index in [2.05, 4.69) is 5.16 Å². The van der Waals surface area contributed by atoms with E-state index in [9.17, 15) is 4.79 Å². The zero-order valence-corrected chi connectivity index (χ0v) is 7.03. The molecule has 1 aromatic rings. The summed E-state index contributed by atoms with van der Waals surface area (Å²) in [4.78, 5) is 11.6. The third-order valence-corrected chi connectivity index (χ3v) is 2.28. The van der Waals surface area contributed by atoms with E-state index in [0.717, 1.165) is 12.0 Å². The Labute approximate surface area is 75.7 Å². The highest BCUT2D eigenvalue weighted by molar-refractivity contribution is 6.46. The highest BCUT2D eigenvalue weighted by Gasteiger charge is 2.22. The summed E-state index contributed by atoms with van der Waals surface area (Å²) in [6.45, 7) is 0. The smallest absolute Gasteiger partial charge is 0.210 e. The Morgan fingerprint density at radius 2 is 2.00 bits per heavy atom. The second-order valence-corrected chi connectivity index (χ2v) is 3.03. The van der Waals surface area contributed by atoms with Crippen LogP contribution >= 0.6 is 0 Å². The van der Waals surface area contributed by atoms with Crippen molar-refractivity contribution in [1.29, 1.82) is 0 Å². The van der Waals surface area contributed by atoms with Gasteiger partial charge < -0.3 is 5.21 Å². The first-order valence-corrected chi connectivity index (χ1v) is 4.16. The summed E-state index contributed by atoms with van der Waals surface area (Å²) in [5.41, 5.74) is 1.97. The molecular weight excluding hydrogens is 166 g/mol. The SMILES string of the molecule is O=C1/C(=N/O)CCc2ccccc21. The highest BCUT2D eigenvalue weighted by atomic mass is 16.4. The molecule has 0 atom stereocenters. The maximum atomic E-state index is 11.6. The molecule has 1 aromatic carbocycles. The molecular formula is C10H9NO2. The van der Waals surface area contributed by atoms with Crippen molar-refractivity contribution >= 4 is 11.5 Å². The molecule has 0 heterocycles. The minimum Gasteiger partial charge on any atom is -0.411 e. The van der Waals surface area contributed by atoms with Gasteiger partial charge in [-0.25, -0.2) is 0 Å². The summed E-state index contributed by atoms with van der Waals surface area (Å²) in [5.74, 6) is -0.149. The monoisotopic (exact) mass is 175 g/mol. The molecule has 0 unspecified atom stereocenters. The minimum absolute atomic E-state index is 0.149. The molecule has 0 fully saturated rings. The summed E-state index contributed by atoms with van der Waals surface area (Å²) in [7, 11) is 0. The van der Waals surface area contributed by atoms with Crippen LogP contribution in [0.4, 0.5) is 0 Å². The fraction of sp³-hybridized carbons (Fsp3) is 0.200. The van der Waals surface area contributed by atoms with E-state index in [1.807, 2.05) is 18.2 Å². The average molecular weight is 175 g/mol. The molecule has 2 rings (SSSR count). The van der Waals surface area contributed by atoms with Gasteiger partial charge in [-0.15, -0.1) is 0 Å². The average Bonchev–Trinajstić information content (AvgIpc) is 2.19. The summed E-state index contributed by atoms with van der Waals surface area (Å²) in [6.07, 6.45) is 1.31. The Balaban J connectivity index is 2.51. The standard InChI is InChI=1S/C10H9NO2/c12-10-8-4-2-1-3-7(8)5-6-9(10)11-13/h1-4,13H,5-6H2/b11-9+. The van der Waals surface area contributed by atoms with Crippen LogP contribution in [0, 0.1) is 0 Å². The number of Topliss-reactive ketones (excluding diaryl/α,β-unsaturated/α-hetero) is 1. The molecule has 3 heteroatoms. The molecule has 66 valence electrons. The predicted octanol–water partition coefficient (Wildman–Crippen LogP) is 1.65. The van der Waals surface area contributed by atoms with Crippen molar-refractivity contribution in [3.63, 3.8) is 0 Å². The number of fused-ring (bicyclic) bond motifs is 1. The lowest BCUT2D eigenvalue weighted by molar-refractivity contribution is 0.105. The highest BCUT2D eigenvalue weighted by Crippen LogP contribution is 2.18. The number of hydrogen-bond donors (Lipinski definition) is 1. The van der Waals surface area contributed by atoms with Crippen LogP contribution < -0.4 is 0 Å². The topological polar surface area (TPSA) is 49.7 Å². The number of benzene rings is 1. The summed E-state index contributed by atoms with van der Waals surface area (Å²) in [5, 5.41) is 11.5. The number of rotatable bonds is 0. The molecule has 0 saturated carbocycles. The van der Waals surface area contributed by atoms with Crippen molar-refractivity contribution in [2.45, 2.75) is 12.8 Å². The normalized spacial score (nSPS) is 18.8. The second kappa shape index (κ2) is 3.01. The summed E-state index contributed by atoms with van der Waals surface area (Å²) >= 11 is 0. The Bertz CT molecular complexity index is 382. The molecule has 0 spiro atoms. The number of aryl methyl sites for hydroxylation is 1. The van der Waals surface area contributed by atoms with Crippen LogP contribution in [0.5, 0.6) is 0 Å². The molecule has 0 aromatic heterocycles. The number of hydrogen-bond acceptors (Lipinski definition) is 3. The molecule has 0 saturated heterocycles. The predicted molar refractivity (Wildman–Crippen MR) is 48.3 cm³/mol. The van der Waals surface area contributed by atoms with Gasteiger partial charge in [-0.3, -0.25) is 4.79 Å². The van der Waals surface area contributed by atoms with Crippen LogP contribution in [0.3, 0.4) is 0 Å². The summed E-state index contributed by atoms with van der Waals surface area (Å²) in [6, 6.07) is 7.42. The third-order valence-electron chi connectivity index (χ3n) is 2.28. The number of ketones is 1. The first kappa shape index (κ1) is 7.98. The molecule has 13 heavy (non-hydrogen) atoms. The largest absolute Gasteiger partial charge is 0.411 e. The van der Waals surface area contributed by atoms with Gasteiger partial charge in [0.25, 0.3) is 0 Å². The molecule has 1 aliphatic rings. The molecule has 0 amide bonds. The maximum absolute atomic E-state index is 11.6. The van der Waals surface area contributed by atoms with Gasteiger partial charge in [0, 0.05) is 12.0 Å². The van der Waals surface area contributed by atoms with Crippen LogP contribution in [0.15, 0.2) is 29.4 Å². The van der Waals surface area contributed by atoms with Gasteiger partial charge in [-0.05, 0) is 12.0 Å². The number of nitrogens with zero attached hydrogens (tertiary/aromatic N) is 1. The van der Waals surface area contributed by atoms with Crippen molar-refractivity contribution in [3.8, 4) is 0 Å². The Kier molecular flexibility index (Phi) is 1.85. The Morgan fingerprint density at radius 1 is 1.23 bits per heavy atom. The lowest BCUT2D eigenvalue weighted by Crippen LogP contribution is -2.22. The van der Waals surface area contributed by atoms with Crippen molar-refractivity contribution in [2.75, 3.05) is 0 Å². The van der Waals surface area contributed by atoms with E-state index in [0.29, 0.717) is 12.0 Å². The number of carbonyl (C=O) groups excluding carboxylic acids is 1. The van der Waals surface area contributed by atoms with E-state index in [1.165, 1.54) is 0 Å². The molecule has 1 aliphatic carbocycles. The van der Waals surface area contributed by atoms with Crippen LogP contribution in [-0.2, 0) is 6.42 Å². The summed E-state index contributed by atoms with van der Waals surface area (Å²) < 4.78 is 0. The zero-order valence-electron chi connectivity index (χ0n) is 7.03. The molecule has 0 aliphatic heterocycles. The van der Waals surface area contributed by atoms with Gasteiger partial charge in [-0.2, -0.15) is 0 Å². The van der Waals surface area contributed by atoms with Crippen LogP contribution in [0.25, 0.3) is 0 Å². The number of carbonyl (C=O) groups is 1. The van der Waals surface area contributed by atoms with Crippen molar-refractivity contribution < 1.29 is 10.0 Å². The maximum Gasteiger partial charge on any atom is 0.210 e. The molecule has 0 bridgehead atoms. The van der Waals surface area contributed by atoms with E-state index < -0.39 is 0 Å². The number of oxime groups is 1. The third kappa shape index (κ3) is 1.22. The van der Waals surface area contributed by atoms with Gasteiger partial charge in [0.05, 0.1) is 0 Å². The van der Waals surface area contributed by atoms with Gasteiger partial charge in [0.2, 0.25) is 5.78 Å². The minimum atomic E-state index is -0.149. The molecule has 0 radical (unpaired) electrons. The van der Waals surface area contributed by atoms with Gasteiger partial charge in [0.1, 0.15) is 5.71 Å². The Hall–Kier alpha value is -1.64. The lowest BCUT2D eigenvalue weighted by Gasteiger charge is -2.14.